The molecule has 2 heterocycles. The van der Waals surface area contributed by atoms with Crippen LogP contribution in [0.3, 0.4) is 0 Å². The molecule has 0 spiro atoms. The Kier molecular flexibility index (Phi) is 2.24. The molecule has 0 aliphatic rings. The minimum Gasteiger partial charge on any atom is -0.389 e. The van der Waals surface area contributed by atoms with E-state index in [-0.39, 0.29) is 0 Å². The Labute approximate surface area is 80.8 Å². The lowest BCUT2D eigenvalue weighted by Gasteiger charge is -1.92. The summed E-state index contributed by atoms with van der Waals surface area (Å²) in [6.07, 6.45) is 8.05. The van der Waals surface area contributed by atoms with E-state index in [1.807, 2.05) is 6.20 Å². The zero-order valence-electron chi connectivity index (χ0n) is 7.75. The number of H-pyrrole nitrogens is 1. The first-order valence-corrected chi connectivity index (χ1v) is 4.32. The van der Waals surface area contributed by atoms with Crippen LogP contribution in [0.2, 0.25) is 0 Å². The highest BCUT2D eigenvalue weighted by Gasteiger charge is 2.04. The van der Waals surface area contributed by atoms with Crippen LogP contribution in [-0.4, -0.2) is 26.2 Å². The predicted octanol–water partition coefficient (Wildman–Crippen LogP) is 0.0969. The third kappa shape index (κ3) is 1.77. The average molecular weight is 191 g/mol. The van der Waals surface area contributed by atoms with Gasteiger partial charge in [0.25, 0.3) is 12.0 Å². The molecule has 5 nitrogen and oxygen atoms in total. The highest BCUT2D eigenvalue weighted by molar-refractivity contribution is 5.66. The largest absolute Gasteiger partial charge is 0.389 e. The van der Waals surface area contributed by atoms with Gasteiger partial charge in [0.2, 0.25) is 0 Å². The Morgan fingerprint density at radius 1 is 1.57 bits per heavy atom. The number of aliphatic hydroxyl groups is 1. The number of nitrogens with zero attached hydrogens (tertiary/aromatic N) is 3. The topological polar surface area (TPSA) is 65.7 Å². The summed E-state index contributed by atoms with van der Waals surface area (Å²) in [5.74, 6) is 0. The average Bonchev–Trinajstić information content (AvgIpc) is 2.61. The molecule has 0 bridgehead atoms. The van der Waals surface area contributed by atoms with E-state index in [1.165, 1.54) is 0 Å². The Bertz CT molecular complexity index is 461. The summed E-state index contributed by atoms with van der Waals surface area (Å²) in [6.45, 7) is 1.69. The van der Waals surface area contributed by atoms with Crippen molar-refractivity contribution in [2.75, 3.05) is 0 Å². The molecule has 0 aliphatic heterocycles. The smallest absolute Gasteiger partial charge is 0.294 e. The van der Waals surface area contributed by atoms with Crippen molar-refractivity contribution in [3.63, 3.8) is 0 Å². The van der Waals surface area contributed by atoms with Crippen LogP contribution in [0.1, 0.15) is 6.92 Å². The molecule has 1 unspecified atom stereocenters. The van der Waals surface area contributed by atoms with Crippen molar-refractivity contribution in [1.29, 1.82) is 0 Å². The molecular weight excluding hydrogens is 180 g/mol. The van der Waals surface area contributed by atoms with Crippen molar-refractivity contribution in [3.8, 4) is 0 Å². The second-order valence-electron chi connectivity index (χ2n) is 3.04. The maximum absolute atomic E-state index is 9.05. The zero-order valence-corrected chi connectivity index (χ0v) is 7.75. The van der Waals surface area contributed by atoms with Crippen LogP contribution < -0.4 is 4.57 Å². The fraction of sp³-hybridized carbons (Fsp3) is 0.222. The van der Waals surface area contributed by atoms with Gasteiger partial charge in [-0.3, -0.25) is 0 Å². The summed E-state index contributed by atoms with van der Waals surface area (Å²) < 4.78 is 1.76. The molecule has 2 aromatic rings. The third-order valence-electron chi connectivity index (χ3n) is 1.78. The number of aliphatic hydroxyl groups excluding tert-OH is 1. The summed E-state index contributed by atoms with van der Waals surface area (Å²) in [7, 11) is 0. The number of aromatic nitrogens is 4. The first-order valence-electron chi connectivity index (χ1n) is 4.32. The molecule has 1 atom stereocenters. The van der Waals surface area contributed by atoms with Gasteiger partial charge in [0.15, 0.2) is 5.52 Å². The van der Waals surface area contributed by atoms with Crippen molar-refractivity contribution in [1.82, 2.24) is 15.0 Å². The number of fused-ring (bicyclic) bond motifs is 1. The highest BCUT2D eigenvalue weighted by Crippen LogP contribution is 1.99. The van der Waals surface area contributed by atoms with Crippen LogP contribution >= 0.6 is 0 Å². The van der Waals surface area contributed by atoms with Crippen LogP contribution in [0.15, 0.2) is 24.9 Å². The van der Waals surface area contributed by atoms with Crippen LogP contribution in [0.4, 0.5) is 0 Å². The molecule has 5 heteroatoms. The lowest BCUT2D eigenvalue weighted by molar-refractivity contribution is -0.570. The van der Waals surface area contributed by atoms with Gasteiger partial charge in [-0.25, -0.2) is 4.57 Å². The summed E-state index contributed by atoms with van der Waals surface area (Å²) in [5.41, 5.74) is 1.55. The molecule has 14 heavy (non-hydrogen) atoms. The van der Waals surface area contributed by atoms with Crippen molar-refractivity contribution in [2.24, 2.45) is 0 Å². The summed E-state index contributed by atoms with van der Waals surface area (Å²) in [4.78, 5) is 11.1. The van der Waals surface area contributed by atoms with E-state index in [2.05, 4.69) is 15.0 Å². The van der Waals surface area contributed by atoms with E-state index in [9.17, 15) is 0 Å². The molecule has 0 aromatic carbocycles. The van der Waals surface area contributed by atoms with Crippen molar-refractivity contribution in [2.45, 2.75) is 13.0 Å². The van der Waals surface area contributed by atoms with E-state index >= 15 is 0 Å². The molecule has 2 aromatic heterocycles. The van der Waals surface area contributed by atoms with Crippen molar-refractivity contribution < 1.29 is 9.67 Å². The maximum atomic E-state index is 9.05. The van der Waals surface area contributed by atoms with Gasteiger partial charge < -0.3 is 10.1 Å². The predicted molar refractivity (Wildman–Crippen MR) is 51.1 cm³/mol. The normalized spacial score (nSPS) is 13.9. The van der Waals surface area contributed by atoms with Crippen molar-refractivity contribution in [3.05, 3.63) is 24.9 Å². The van der Waals surface area contributed by atoms with Gasteiger partial charge in [0, 0.05) is 0 Å². The SMILES string of the molecule is CC(O)/C=C/[n+]1cnc2nc[nH]c2c1. The molecule has 2 N–H and O–H groups in total. The molecule has 0 saturated heterocycles. The molecule has 0 aliphatic carbocycles. The minimum atomic E-state index is -0.458. The number of nitrogens with one attached hydrogen (secondary N) is 1. The minimum absolute atomic E-state index is 0.458. The first-order chi connectivity index (χ1) is 6.75. The third-order valence-corrected chi connectivity index (χ3v) is 1.78. The van der Waals surface area contributed by atoms with E-state index in [4.69, 9.17) is 5.11 Å². The highest BCUT2D eigenvalue weighted by atomic mass is 16.3. The van der Waals surface area contributed by atoms with E-state index < -0.39 is 6.10 Å². The Hall–Kier alpha value is -1.75. The van der Waals surface area contributed by atoms with Gasteiger partial charge >= 0.3 is 0 Å². The number of aromatic amines is 1. The molecule has 72 valence electrons. The fourth-order valence-corrected chi connectivity index (χ4v) is 1.10. The fourth-order valence-electron chi connectivity index (χ4n) is 1.10. The number of hydrogen-bond donors (Lipinski definition) is 2. The molecule has 0 fully saturated rings. The number of hydrogen-bond acceptors (Lipinski definition) is 3. The van der Waals surface area contributed by atoms with Gasteiger partial charge in [-0.1, -0.05) is 0 Å². The van der Waals surface area contributed by atoms with Gasteiger partial charge in [0.1, 0.15) is 6.20 Å². The van der Waals surface area contributed by atoms with Crippen LogP contribution in [-0.2, 0) is 0 Å². The van der Waals surface area contributed by atoms with Gasteiger partial charge in [-0.05, 0) is 18.0 Å². The maximum Gasteiger partial charge on any atom is 0.294 e. The molecular formula is C9H11N4O+. The van der Waals surface area contributed by atoms with Crippen LogP contribution in [0.5, 0.6) is 0 Å². The molecule has 0 radical (unpaired) electrons. The molecule has 0 saturated carbocycles. The number of imidazole rings is 1. The molecule has 2 rings (SSSR count). The van der Waals surface area contributed by atoms with Crippen molar-refractivity contribution >= 4 is 17.4 Å². The zero-order chi connectivity index (χ0) is 9.97. The van der Waals surface area contributed by atoms with E-state index in [0.29, 0.717) is 5.65 Å². The summed E-state index contributed by atoms with van der Waals surface area (Å²) >= 11 is 0. The summed E-state index contributed by atoms with van der Waals surface area (Å²) in [6, 6.07) is 0. The lowest BCUT2D eigenvalue weighted by Crippen LogP contribution is -2.26. The van der Waals surface area contributed by atoms with Crippen LogP contribution in [0, 0.1) is 0 Å². The first kappa shape index (κ1) is 8.83. The van der Waals surface area contributed by atoms with E-state index in [0.717, 1.165) is 5.52 Å². The lowest BCUT2D eigenvalue weighted by atomic mass is 10.4. The van der Waals surface area contributed by atoms with Gasteiger partial charge in [0.05, 0.1) is 18.6 Å². The van der Waals surface area contributed by atoms with E-state index in [1.54, 1.807) is 36.4 Å². The van der Waals surface area contributed by atoms with Gasteiger partial charge in [-0.15, -0.1) is 0 Å². The molecule has 0 amide bonds. The van der Waals surface area contributed by atoms with Crippen LogP contribution in [0.25, 0.3) is 17.4 Å². The second kappa shape index (κ2) is 3.55. The quantitative estimate of drug-likeness (QED) is 0.661. The standard InChI is InChI=1S/C9H10N4O/c1-7(14)2-3-13-4-8-9(12-6-13)11-5-10-8/h2-7,14H,1H3/p+1/b3-2+. The monoisotopic (exact) mass is 191 g/mol. The van der Waals surface area contributed by atoms with Gasteiger partial charge in [-0.2, -0.15) is 4.98 Å². The Balaban J connectivity index is 2.34. The Morgan fingerprint density at radius 2 is 2.43 bits per heavy atom. The summed E-state index contributed by atoms with van der Waals surface area (Å²) in [5, 5.41) is 9.05. The Morgan fingerprint density at radius 3 is 3.21 bits per heavy atom. The second-order valence-corrected chi connectivity index (χ2v) is 3.04. The number of rotatable bonds is 2.